The molecule has 110 valence electrons. The lowest BCUT2D eigenvalue weighted by Crippen LogP contribution is -2.17. The number of hydrogen-bond acceptors (Lipinski definition) is 2. The molecule has 1 fully saturated rings. The smallest absolute Gasteiger partial charge is 0.201 e. The van der Waals surface area contributed by atoms with Crippen molar-refractivity contribution in [1.29, 1.82) is 0 Å². The first-order valence-corrected chi connectivity index (χ1v) is 6.78. The van der Waals surface area contributed by atoms with Gasteiger partial charge in [0.15, 0.2) is 11.6 Å². The van der Waals surface area contributed by atoms with Gasteiger partial charge in [-0.15, -0.1) is 0 Å². The van der Waals surface area contributed by atoms with Gasteiger partial charge >= 0.3 is 0 Å². The fraction of sp³-hybridized carbons (Fsp3) is 0.250. The second-order valence-electron chi connectivity index (χ2n) is 5.03. The van der Waals surface area contributed by atoms with E-state index in [1.807, 2.05) is 0 Å². The highest BCUT2D eigenvalue weighted by Gasteiger charge is 2.22. The zero-order valence-electron chi connectivity index (χ0n) is 11.2. The van der Waals surface area contributed by atoms with E-state index in [0.717, 1.165) is 18.9 Å². The van der Waals surface area contributed by atoms with Crippen molar-refractivity contribution in [1.82, 2.24) is 5.32 Å². The number of ether oxygens (including phenoxy) is 1. The first kappa shape index (κ1) is 13.9. The van der Waals surface area contributed by atoms with E-state index >= 15 is 0 Å². The van der Waals surface area contributed by atoms with Crippen LogP contribution in [0.3, 0.4) is 0 Å². The Morgan fingerprint density at radius 2 is 1.62 bits per heavy atom. The lowest BCUT2D eigenvalue weighted by molar-refractivity contribution is 0.408. The molecule has 0 spiro atoms. The summed E-state index contributed by atoms with van der Waals surface area (Å²) in [5, 5.41) is 3.18. The predicted octanol–water partition coefficient (Wildman–Crippen LogP) is 4.15. The highest BCUT2D eigenvalue weighted by Crippen LogP contribution is 2.30. The van der Waals surface area contributed by atoms with Gasteiger partial charge in [-0.2, -0.15) is 4.39 Å². The minimum atomic E-state index is -1.08. The van der Waals surface area contributed by atoms with Crippen molar-refractivity contribution >= 4 is 0 Å². The number of rotatable bonds is 5. The van der Waals surface area contributed by atoms with Crippen LogP contribution in [0.2, 0.25) is 0 Å². The predicted molar refractivity (Wildman–Crippen MR) is 72.7 cm³/mol. The average Bonchev–Trinajstić information content (AvgIpc) is 3.27. The maximum absolute atomic E-state index is 13.9. The van der Waals surface area contributed by atoms with E-state index in [2.05, 4.69) is 5.32 Å². The zero-order chi connectivity index (χ0) is 14.8. The lowest BCUT2D eigenvalue weighted by Gasteiger charge is -2.13. The van der Waals surface area contributed by atoms with Crippen molar-refractivity contribution in [2.75, 3.05) is 0 Å². The number of halogens is 3. The maximum Gasteiger partial charge on any atom is 0.201 e. The summed E-state index contributed by atoms with van der Waals surface area (Å²) in [6.07, 6.45) is 2.15. The van der Waals surface area contributed by atoms with Crippen LogP contribution < -0.4 is 10.1 Å². The van der Waals surface area contributed by atoms with Gasteiger partial charge in [-0.1, -0.05) is 12.1 Å². The van der Waals surface area contributed by atoms with E-state index in [9.17, 15) is 13.2 Å². The Morgan fingerprint density at radius 3 is 2.33 bits per heavy atom. The van der Waals surface area contributed by atoms with Crippen LogP contribution in [0.5, 0.6) is 11.5 Å². The second kappa shape index (κ2) is 5.77. The van der Waals surface area contributed by atoms with Gasteiger partial charge in [-0.3, -0.25) is 0 Å². The molecule has 2 aromatic rings. The van der Waals surface area contributed by atoms with Crippen LogP contribution in [-0.4, -0.2) is 6.04 Å². The minimum absolute atomic E-state index is 0.188. The molecule has 1 aliphatic carbocycles. The van der Waals surface area contributed by atoms with Gasteiger partial charge in [0, 0.05) is 18.2 Å². The molecule has 3 rings (SSSR count). The fourth-order valence-corrected chi connectivity index (χ4v) is 2.02. The quantitative estimate of drug-likeness (QED) is 0.894. The Kier molecular flexibility index (Phi) is 3.84. The van der Waals surface area contributed by atoms with Crippen LogP contribution in [0, 0.1) is 17.5 Å². The highest BCUT2D eigenvalue weighted by atomic mass is 19.2. The molecule has 1 aliphatic rings. The Balaban J connectivity index is 1.86. The summed E-state index contributed by atoms with van der Waals surface area (Å²) in [6.45, 7) is 0.295. The van der Waals surface area contributed by atoms with Crippen molar-refractivity contribution < 1.29 is 17.9 Å². The van der Waals surface area contributed by atoms with Crippen LogP contribution in [0.15, 0.2) is 36.4 Å². The highest BCUT2D eigenvalue weighted by molar-refractivity contribution is 5.39. The Morgan fingerprint density at radius 1 is 0.952 bits per heavy atom. The molecule has 0 heterocycles. The molecular formula is C16H14F3NO. The van der Waals surface area contributed by atoms with E-state index in [-0.39, 0.29) is 11.5 Å². The van der Waals surface area contributed by atoms with Crippen molar-refractivity contribution in [3.63, 3.8) is 0 Å². The molecule has 0 saturated heterocycles. The third-order valence-electron chi connectivity index (χ3n) is 3.36. The van der Waals surface area contributed by atoms with E-state index < -0.39 is 17.5 Å². The van der Waals surface area contributed by atoms with E-state index in [4.69, 9.17) is 4.74 Å². The Labute approximate surface area is 120 Å². The summed E-state index contributed by atoms with van der Waals surface area (Å²) >= 11 is 0. The van der Waals surface area contributed by atoms with Gasteiger partial charge in [0.1, 0.15) is 11.6 Å². The summed E-state index contributed by atoms with van der Waals surface area (Å²) in [5.74, 6) is -2.58. The monoisotopic (exact) mass is 293 g/mol. The SMILES string of the molecule is Fc1cccc(Oc2cccc(F)c2CNC2CC2)c1F. The third kappa shape index (κ3) is 3.19. The summed E-state index contributed by atoms with van der Waals surface area (Å²) in [5.41, 5.74) is 0.313. The molecule has 5 heteroatoms. The fourth-order valence-electron chi connectivity index (χ4n) is 2.02. The molecule has 2 aromatic carbocycles. The molecule has 0 aliphatic heterocycles. The van der Waals surface area contributed by atoms with Gasteiger partial charge in [-0.05, 0) is 37.1 Å². The van der Waals surface area contributed by atoms with Crippen LogP contribution in [0.4, 0.5) is 13.2 Å². The molecule has 1 saturated carbocycles. The van der Waals surface area contributed by atoms with Gasteiger partial charge in [0.05, 0.1) is 0 Å². The first-order valence-electron chi connectivity index (χ1n) is 6.78. The molecule has 0 aromatic heterocycles. The molecule has 0 bridgehead atoms. The second-order valence-corrected chi connectivity index (χ2v) is 5.03. The summed E-state index contributed by atoms with van der Waals surface area (Å²) in [4.78, 5) is 0. The molecule has 1 N–H and O–H groups in total. The third-order valence-corrected chi connectivity index (χ3v) is 3.36. The standard InChI is InChI=1S/C16H14F3NO/c17-12-3-1-5-14(11(12)9-20-10-7-8-10)21-15-6-2-4-13(18)16(15)19/h1-6,10,20H,7-9H2. The number of hydrogen-bond donors (Lipinski definition) is 1. The number of benzene rings is 2. The maximum atomic E-state index is 13.9. The van der Waals surface area contributed by atoms with Crippen LogP contribution >= 0.6 is 0 Å². The number of nitrogens with one attached hydrogen (secondary N) is 1. The van der Waals surface area contributed by atoms with Crippen LogP contribution in [0.25, 0.3) is 0 Å². The van der Waals surface area contributed by atoms with Crippen molar-refractivity contribution in [3.8, 4) is 11.5 Å². The van der Waals surface area contributed by atoms with E-state index in [1.54, 1.807) is 0 Å². The van der Waals surface area contributed by atoms with Crippen molar-refractivity contribution in [3.05, 3.63) is 59.4 Å². The van der Waals surface area contributed by atoms with Gasteiger partial charge in [0.25, 0.3) is 0 Å². The van der Waals surface area contributed by atoms with Crippen LogP contribution in [-0.2, 0) is 6.54 Å². The summed E-state index contributed by atoms with van der Waals surface area (Å²) < 4.78 is 46.1. The molecule has 0 amide bonds. The molecular weight excluding hydrogens is 279 g/mol. The first-order chi connectivity index (χ1) is 10.1. The average molecular weight is 293 g/mol. The summed E-state index contributed by atoms with van der Waals surface area (Å²) in [6, 6.07) is 8.39. The molecule has 0 unspecified atom stereocenters. The molecule has 0 radical (unpaired) electrons. The molecule has 0 atom stereocenters. The van der Waals surface area contributed by atoms with Crippen LogP contribution in [0.1, 0.15) is 18.4 Å². The summed E-state index contributed by atoms with van der Waals surface area (Å²) in [7, 11) is 0. The van der Waals surface area contributed by atoms with Gasteiger partial charge < -0.3 is 10.1 Å². The zero-order valence-corrected chi connectivity index (χ0v) is 11.2. The Bertz CT molecular complexity index is 656. The van der Waals surface area contributed by atoms with E-state index in [0.29, 0.717) is 18.2 Å². The minimum Gasteiger partial charge on any atom is -0.454 e. The van der Waals surface area contributed by atoms with Gasteiger partial charge in [-0.25, -0.2) is 8.78 Å². The van der Waals surface area contributed by atoms with Gasteiger partial charge in [0.2, 0.25) is 5.82 Å². The molecule has 2 nitrogen and oxygen atoms in total. The molecule has 21 heavy (non-hydrogen) atoms. The Hall–Kier alpha value is -2.01. The normalized spacial score (nSPS) is 14.2. The van der Waals surface area contributed by atoms with E-state index in [1.165, 1.54) is 30.3 Å². The topological polar surface area (TPSA) is 21.3 Å². The largest absolute Gasteiger partial charge is 0.454 e. The van der Waals surface area contributed by atoms with Crippen molar-refractivity contribution in [2.24, 2.45) is 0 Å². The lowest BCUT2D eigenvalue weighted by atomic mass is 10.2. The van der Waals surface area contributed by atoms with Crippen molar-refractivity contribution in [2.45, 2.75) is 25.4 Å².